The molecule has 0 fully saturated rings. The Labute approximate surface area is 56.2 Å². The van der Waals surface area contributed by atoms with Crippen molar-refractivity contribution in [3.8, 4) is 0 Å². The number of hydrogen-bond acceptors (Lipinski definition) is 2. The van der Waals surface area contributed by atoms with Crippen LogP contribution in [0.25, 0.3) is 0 Å². The van der Waals surface area contributed by atoms with Gasteiger partial charge in [0.05, 0.1) is 0 Å². The molecule has 2 nitrogen and oxygen atoms in total. The Morgan fingerprint density at radius 1 is 1.56 bits per heavy atom. The van der Waals surface area contributed by atoms with E-state index in [1.165, 1.54) is 0 Å². The van der Waals surface area contributed by atoms with E-state index in [4.69, 9.17) is 0 Å². The van der Waals surface area contributed by atoms with E-state index >= 15 is 0 Å². The predicted molar refractivity (Wildman–Crippen MR) is 38.4 cm³/mol. The monoisotopic (exact) mass is 127 g/mol. The number of carbonyl (C=O) groups excluding carboxylic acids is 1. The first-order valence-corrected chi connectivity index (χ1v) is 2.92. The summed E-state index contributed by atoms with van der Waals surface area (Å²) in [4.78, 5) is 11.9. The zero-order valence-corrected chi connectivity index (χ0v) is 6.22. The van der Waals surface area contributed by atoms with Crippen molar-refractivity contribution in [1.82, 2.24) is 4.90 Å². The van der Waals surface area contributed by atoms with E-state index in [1.807, 2.05) is 25.9 Å². The second-order valence-corrected chi connectivity index (χ2v) is 2.39. The van der Waals surface area contributed by atoms with Gasteiger partial charge in [-0.15, -0.1) is 0 Å². The highest BCUT2D eigenvalue weighted by atomic mass is 16.1. The zero-order valence-electron chi connectivity index (χ0n) is 6.22. The van der Waals surface area contributed by atoms with Crippen LogP contribution in [0.2, 0.25) is 0 Å². The summed E-state index contributed by atoms with van der Waals surface area (Å²) in [6.45, 7) is 2.80. The van der Waals surface area contributed by atoms with Crippen molar-refractivity contribution >= 4 is 6.29 Å². The Morgan fingerprint density at radius 2 is 2.11 bits per heavy atom. The number of allylic oxidation sites excluding steroid dienone is 1. The Balaban J connectivity index is 3.61. The van der Waals surface area contributed by atoms with E-state index in [-0.39, 0.29) is 0 Å². The molecule has 2 heteroatoms. The van der Waals surface area contributed by atoms with E-state index in [1.54, 1.807) is 6.08 Å². The molecule has 0 amide bonds. The van der Waals surface area contributed by atoms with Gasteiger partial charge in [-0.25, -0.2) is 0 Å². The summed E-state index contributed by atoms with van der Waals surface area (Å²) in [6, 6.07) is 0. The van der Waals surface area contributed by atoms with Crippen molar-refractivity contribution in [1.29, 1.82) is 0 Å². The molecule has 0 N–H and O–H groups in total. The van der Waals surface area contributed by atoms with Gasteiger partial charge in [0, 0.05) is 6.54 Å². The highest BCUT2D eigenvalue weighted by molar-refractivity contribution is 5.65. The number of likely N-dealkylation sites (N-methyl/N-ethyl adjacent to an activating group) is 1. The van der Waals surface area contributed by atoms with Crippen molar-refractivity contribution in [2.45, 2.75) is 6.92 Å². The molecule has 0 saturated carbocycles. The van der Waals surface area contributed by atoms with Crippen LogP contribution in [0.15, 0.2) is 11.6 Å². The lowest BCUT2D eigenvalue weighted by molar-refractivity contribution is -0.104. The summed E-state index contributed by atoms with van der Waals surface area (Å²) in [5, 5.41) is 0. The summed E-state index contributed by atoms with van der Waals surface area (Å²) in [6.07, 6.45) is 2.40. The summed E-state index contributed by atoms with van der Waals surface area (Å²) < 4.78 is 0. The number of carbonyl (C=O) groups is 1. The summed E-state index contributed by atoms with van der Waals surface area (Å²) >= 11 is 0. The molecule has 0 radical (unpaired) electrons. The molecular formula is C7H13NO. The van der Waals surface area contributed by atoms with Gasteiger partial charge in [-0.3, -0.25) is 4.79 Å². The van der Waals surface area contributed by atoms with Gasteiger partial charge in [0.15, 0.2) is 0 Å². The van der Waals surface area contributed by atoms with Gasteiger partial charge in [0.2, 0.25) is 0 Å². The quantitative estimate of drug-likeness (QED) is 0.410. The second kappa shape index (κ2) is 4.27. The molecule has 0 aromatic rings. The van der Waals surface area contributed by atoms with Crippen LogP contribution in [0.3, 0.4) is 0 Å². The molecule has 0 aromatic heterocycles. The van der Waals surface area contributed by atoms with Crippen molar-refractivity contribution in [3.05, 3.63) is 11.6 Å². The molecule has 0 aliphatic heterocycles. The minimum absolute atomic E-state index is 0.818. The van der Waals surface area contributed by atoms with Crippen LogP contribution < -0.4 is 0 Å². The highest BCUT2D eigenvalue weighted by Crippen LogP contribution is 1.90. The van der Waals surface area contributed by atoms with Crippen LogP contribution >= 0.6 is 0 Å². The van der Waals surface area contributed by atoms with Crippen LogP contribution in [0.4, 0.5) is 0 Å². The Kier molecular flexibility index (Phi) is 3.97. The lowest BCUT2D eigenvalue weighted by Crippen LogP contribution is -2.13. The predicted octanol–water partition coefficient (Wildman–Crippen LogP) is 0.693. The van der Waals surface area contributed by atoms with Crippen molar-refractivity contribution in [2.75, 3.05) is 20.6 Å². The molecule has 0 atom stereocenters. The fourth-order valence-corrected chi connectivity index (χ4v) is 0.668. The summed E-state index contributed by atoms with van der Waals surface area (Å²) in [5.74, 6) is 0. The molecule has 0 bridgehead atoms. The van der Waals surface area contributed by atoms with E-state index < -0.39 is 0 Å². The number of rotatable bonds is 3. The van der Waals surface area contributed by atoms with E-state index in [2.05, 4.69) is 0 Å². The fraction of sp³-hybridized carbons (Fsp3) is 0.571. The first-order chi connectivity index (χ1) is 4.16. The number of nitrogens with zero attached hydrogens (tertiary/aromatic N) is 1. The van der Waals surface area contributed by atoms with E-state index in [0.29, 0.717) is 0 Å². The maximum Gasteiger partial charge on any atom is 0.142 e. The molecule has 0 aliphatic carbocycles. The van der Waals surface area contributed by atoms with Gasteiger partial charge in [-0.2, -0.15) is 0 Å². The Morgan fingerprint density at radius 3 is 2.44 bits per heavy atom. The van der Waals surface area contributed by atoms with Gasteiger partial charge >= 0.3 is 0 Å². The number of hydrogen-bond donors (Lipinski definition) is 0. The molecule has 0 spiro atoms. The third-order valence-corrected chi connectivity index (χ3v) is 0.918. The van der Waals surface area contributed by atoms with Crippen molar-refractivity contribution < 1.29 is 4.79 Å². The Hall–Kier alpha value is -0.630. The summed E-state index contributed by atoms with van der Waals surface area (Å²) in [7, 11) is 3.95. The first kappa shape index (κ1) is 8.37. The van der Waals surface area contributed by atoms with Crippen LogP contribution in [-0.2, 0) is 4.79 Å². The average Bonchev–Trinajstić information content (AvgIpc) is 1.63. The lowest BCUT2D eigenvalue weighted by atomic mass is 10.3. The second-order valence-electron chi connectivity index (χ2n) is 2.39. The van der Waals surface area contributed by atoms with Crippen molar-refractivity contribution in [3.63, 3.8) is 0 Å². The molecule has 0 aliphatic rings. The molecular weight excluding hydrogens is 114 g/mol. The van der Waals surface area contributed by atoms with Crippen molar-refractivity contribution in [2.24, 2.45) is 0 Å². The summed E-state index contributed by atoms with van der Waals surface area (Å²) in [5.41, 5.74) is 1.09. The van der Waals surface area contributed by atoms with Gasteiger partial charge in [-0.1, -0.05) is 5.57 Å². The molecule has 0 aromatic carbocycles. The fourth-order valence-electron chi connectivity index (χ4n) is 0.668. The standard InChI is InChI=1S/C7H13NO/c1-7(4-5-9)6-8(2)3/h4-5H,6H2,1-3H3/b7-4-. The topological polar surface area (TPSA) is 20.3 Å². The molecule has 52 valence electrons. The third-order valence-electron chi connectivity index (χ3n) is 0.918. The largest absolute Gasteiger partial charge is 0.305 e. The maximum atomic E-state index is 9.90. The van der Waals surface area contributed by atoms with Gasteiger partial charge in [-0.05, 0) is 27.1 Å². The Bertz CT molecular complexity index is 116. The van der Waals surface area contributed by atoms with Gasteiger partial charge in [0.25, 0.3) is 0 Å². The average molecular weight is 127 g/mol. The smallest absolute Gasteiger partial charge is 0.142 e. The van der Waals surface area contributed by atoms with E-state index in [0.717, 1.165) is 18.4 Å². The van der Waals surface area contributed by atoms with E-state index in [9.17, 15) is 4.79 Å². The normalized spacial score (nSPS) is 12.2. The molecule has 0 heterocycles. The minimum Gasteiger partial charge on any atom is -0.305 e. The number of aldehydes is 1. The van der Waals surface area contributed by atoms with Gasteiger partial charge < -0.3 is 4.90 Å². The van der Waals surface area contributed by atoms with Gasteiger partial charge in [0.1, 0.15) is 6.29 Å². The molecule has 0 rings (SSSR count). The van der Waals surface area contributed by atoms with Crippen LogP contribution in [0, 0.1) is 0 Å². The minimum atomic E-state index is 0.818. The molecule has 9 heavy (non-hydrogen) atoms. The van der Waals surface area contributed by atoms with Crippen LogP contribution in [0.1, 0.15) is 6.92 Å². The van der Waals surface area contributed by atoms with Crippen LogP contribution in [0.5, 0.6) is 0 Å². The third kappa shape index (κ3) is 5.24. The lowest BCUT2D eigenvalue weighted by Gasteiger charge is -2.07. The zero-order chi connectivity index (χ0) is 7.28. The maximum absolute atomic E-state index is 9.90. The highest BCUT2D eigenvalue weighted by Gasteiger charge is 1.89. The first-order valence-electron chi connectivity index (χ1n) is 2.92. The molecule has 0 unspecified atom stereocenters. The SMILES string of the molecule is C/C(=C/C=O)CN(C)C. The van der Waals surface area contributed by atoms with Crippen LogP contribution in [-0.4, -0.2) is 31.8 Å². The molecule has 0 saturated heterocycles.